The Bertz CT molecular complexity index is 469. The van der Waals surface area contributed by atoms with Crippen LogP contribution in [-0.4, -0.2) is 16.9 Å². The van der Waals surface area contributed by atoms with Gasteiger partial charge in [0.1, 0.15) is 0 Å². The van der Waals surface area contributed by atoms with Crippen molar-refractivity contribution >= 4 is 17.3 Å². The maximum Gasteiger partial charge on any atom is 0.272 e. The Morgan fingerprint density at radius 2 is 2.00 bits per heavy atom. The summed E-state index contributed by atoms with van der Waals surface area (Å²) >= 11 is 0. The van der Waals surface area contributed by atoms with E-state index >= 15 is 0 Å². The third-order valence-electron chi connectivity index (χ3n) is 2.41. The van der Waals surface area contributed by atoms with Crippen LogP contribution < -0.4 is 11.1 Å². The summed E-state index contributed by atoms with van der Waals surface area (Å²) in [6.45, 7) is 4.89. The number of rotatable bonds is 3. The van der Waals surface area contributed by atoms with E-state index in [1.807, 2.05) is 0 Å². The second kappa shape index (κ2) is 4.92. The van der Waals surface area contributed by atoms with Crippen molar-refractivity contribution in [2.45, 2.75) is 26.8 Å². The van der Waals surface area contributed by atoms with Gasteiger partial charge in [-0.1, -0.05) is 0 Å². The lowest BCUT2D eigenvalue weighted by molar-refractivity contribution is -0.385. The minimum atomic E-state index is -0.620. The van der Waals surface area contributed by atoms with Crippen LogP contribution in [0.4, 0.5) is 11.4 Å². The number of nitro benzene ring substituents is 1. The van der Waals surface area contributed by atoms with Crippen molar-refractivity contribution in [1.82, 2.24) is 0 Å². The zero-order chi connectivity index (χ0) is 13.2. The molecule has 0 unspecified atom stereocenters. The maximum atomic E-state index is 11.4. The minimum Gasteiger partial charge on any atom is -0.324 e. The highest BCUT2D eigenvalue weighted by Crippen LogP contribution is 2.25. The molecule has 0 aliphatic carbocycles. The summed E-state index contributed by atoms with van der Waals surface area (Å²) in [5.41, 5.74) is 7.16. The monoisotopic (exact) mass is 237 g/mol. The summed E-state index contributed by atoms with van der Waals surface area (Å²) in [5, 5.41) is 13.3. The van der Waals surface area contributed by atoms with Gasteiger partial charge in [0, 0.05) is 17.3 Å². The quantitative estimate of drug-likeness (QED) is 0.614. The van der Waals surface area contributed by atoms with E-state index in [0.717, 1.165) is 0 Å². The van der Waals surface area contributed by atoms with Gasteiger partial charge < -0.3 is 11.1 Å². The van der Waals surface area contributed by atoms with Crippen LogP contribution >= 0.6 is 0 Å². The molecule has 0 heterocycles. The molecule has 0 spiro atoms. The highest BCUT2D eigenvalue weighted by molar-refractivity contribution is 5.95. The van der Waals surface area contributed by atoms with Gasteiger partial charge in [-0.05, 0) is 32.4 Å². The van der Waals surface area contributed by atoms with Crippen LogP contribution in [0.15, 0.2) is 12.1 Å². The number of carbonyl (C=O) groups is 1. The van der Waals surface area contributed by atoms with Crippen LogP contribution in [-0.2, 0) is 4.79 Å². The number of carbonyl (C=O) groups excluding carboxylic acids is 1. The minimum absolute atomic E-state index is 0.0429. The van der Waals surface area contributed by atoms with Gasteiger partial charge in [-0.15, -0.1) is 0 Å². The van der Waals surface area contributed by atoms with Crippen LogP contribution in [0.3, 0.4) is 0 Å². The Morgan fingerprint density at radius 1 is 1.41 bits per heavy atom. The molecule has 0 aromatic heterocycles. The molecule has 0 bridgehead atoms. The van der Waals surface area contributed by atoms with Crippen molar-refractivity contribution < 1.29 is 9.72 Å². The maximum absolute atomic E-state index is 11.4. The third kappa shape index (κ3) is 3.01. The summed E-state index contributed by atoms with van der Waals surface area (Å²) < 4.78 is 0. The number of anilines is 1. The Labute approximate surface area is 99.0 Å². The molecular weight excluding hydrogens is 222 g/mol. The number of nitrogens with zero attached hydrogens (tertiary/aromatic N) is 1. The Morgan fingerprint density at radius 3 is 2.47 bits per heavy atom. The SMILES string of the molecule is Cc1cc([N+](=O)[O-])c(C)cc1NC(=O)[C@@H](C)N. The first kappa shape index (κ1) is 13.1. The van der Waals surface area contributed by atoms with Gasteiger partial charge in [0.05, 0.1) is 11.0 Å². The lowest BCUT2D eigenvalue weighted by Gasteiger charge is -2.11. The molecule has 0 radical (unpaired) electrons. The number of aryl methyl sites for hydroxylation is 2. The number of amides is 1. The van der Waals surface area contributed by atoms with E-state index in [-0.39, 0.29) is 11.6 Å². The number of nitrogens with two attached hydrogens (primary N) is 1. The van der Waals surface area contributed by atoms with Gasteiger partial charge in [-0.3, -0.25) is 14.9 Å². The van der Waals surface area contributed by atoms with Crippen molar-refractivity contribution in [1.29, 1.82) is 0 Å². The van der Waals surface area contributed by atoms with Crippen LogP contribution in [0.2, 0.25) is 0 Å². The molecule has 92 valence electrons. The second-order valence-corrected chi connectivity index (χ2v) is 3.99. The molecule has 0 saturated carbocycles. The summed E-state index contributed by atoms with van der Waals surface area (Å²) in [6, 6.07) is 2.39. The molecule has 6 heteroatoms. The smallest absolute Gasteiger partial charge is 0.272 e. The zero-order valence-electron chi connectivity index (χ0n) is 9.98. The highest BCUT2D eigenvalue weighted by atomic mass is 16.6. The molecular formula is C11H15N3O3. The molecule has 6 nitrogen and oxygen atoms in total. The average molecular weight is 237 g/mol. The number of hydrogen-bond acceptors (Lipinski definition) is 4. The molecule has 1 atom stereocenters. The van der Waals surface area contributed by atoms with Crippen molar-refractivity contribution in [3.63, 3.8) is 0 Å². The zero-order valence-corrected chi connectivity index (χ0v) is 9.98. The van der Waals surface area contributed by atoms with Gasteiger partial charge >= 0.3 is 0 Å². The summed E-state index contributed by atoms with van der Waals surface area (Å²) in [5.74, 6) is -0.318. The van der Waals surface area contributed by atoms with E-state index in [1.54, 1.807) is 26.8 Å². The number of benzene rings is 1. The van der Waals surface area contributed by atoms with E-state index < -0.39 is 11.0 Å². The third-order valence-corrected chi connectivity index (χ3v) is 2.41. The molecule has 0 aliphatic heterocycles. The molecule has 0 aliphatic rings. The standard InChI is InChI=1S/C11H15N3O3/c1-6-5-10(14(16)17)7(2)4-9(6)13-11(15)8(3)12/h4-5,8H,12H2,1-3H3,(H,13,15)/t8-/m1/s1. The Balaban J connectivity index is 3.08. The Kier molecular flexibility index (Phi) is 3.80. The summed E-state index contributed by atoms with van der Waals surface area (Å²) in [6.07, 6.45) is 0. The molecule has 3 N–H and O–H groups in total. The predicted molar refractivity (Wildman–Crippen MR) is 64.8 cm³/mol. The largest absolute Gasteiger partial charge is 0.324 e. The molecule has 17 heavy (non-hydrogen) atoms. The van der Waals surface area contributed by atoms with Gasteiger partial charge in [0.2, 0.25) is 5.91 Å². The number of nitrogens with one attached hydrogen (secondary N) is 1. The first-order chi connectivity index (χ1) is 7.82. The fraction of sp³-hybridized carbons (Fsp3) is 0.364. The van der Waals surface area contributed by atoms with Crippen molar-refractivity contribution in [2.24, 2.45) is 5.73 Å². The first-order valence-electron chi connectivity index (χ1n) is 5.15. The summed E-state index contributed by atoms with van der Waals surface area (Å²) in [4.78, 5) is 21.7. The summed E-state index contributed by atoms with van der Waals surface area (Å²) in [7, 11) is 0. The highest BCUT2D eigenvalue weighted by Gasteiger charge is 2.15. The van der Waals surface area contributed by atoms with Gasteiger partial charge in [0.15, 0.2) is 0 Å². The fourth-order valence-corrected chi connectivity index (χ4v) is 1.38. The number of nitro groups is 1. The molecule has 1 amide bonds. The van der Waals surface area contributed by atoms with E-state index in [9.17, 15) is 14.9 Å². The van der Waals surface area contributed by atoms with Crippen molar-refractivity contribution in [2.75, 3.05) is 5.32 Å². The van der Waals surface area contributed by atoms with E-state index in [1.165, 1.54) is 6.07 Å². The van der Waals surface area contributed by atoms with E-state index in [0.29, 0.717) is 16.8 Å². The lowest BCUT2D eigenvalue weighted by atomic mass is 10.1. The van der Waals surface area contributed by atoms with Crippen LogP contribution in [0, 0.1) is 24.0 Å². The fourth-order valence-electron chi connectivity index (χ4n) is 1.38. The second-order valence-electron chi connectivity index (χ2n) is 3.99. The molecule has 1 rings (SSSR count). The molecule has 1 aromatic rings. The molecule has 0 fully saturated rings. The van der Waals surface area contributed by atoms with E-state index in [2.05, 4.69) is 5.32 Å². The van der Waals surface area contributed by atoms with Gasteiger partial charge in [0.25, 0.3) is 5.69 Å². The number of hydrogen-bond donors (Lipinski definition) is 2. The van der Waals surface area contributed by atoms with E-state index in [4.69, 9.17) is 5.73 Å². The van der Waals surface area contributed by atoms with Crippen LogP contribution in [0.5, 0.6) is 0 Å². The van der Waals surface area contributed by atoms with Crippen LogP contribution in [0.25, 0.3) is 0 Å². The predicted octanol–water partition coefficient (Wildman–Crippen LogP) is 1.50. The molecule has 0 saturated heterocycles. The van der Waals surface area contributed by atoms with Crippen LogP contribution in [0.1, 0.15) is 18.1 Å². The normalized spacial score (nSPS) is 12.0. The Hall–Kier alpha value is -1.95. The topological polar surface area (TPSA) is 98.3 Å². The first-order valence-corrected chi connectivity index (χ1v) is 5.15. The van der Waals surface area contributed by atoms with Gasteiger partial charge in [-0.2, -0.15) is 0 Å². The molecule has 1 aromatic carbocycles. The van der Waals surface area contributed by atoms with Crippen molar-refractivity contribution in [3.8, 4) is 0 Å². The van der Waals surface area contributed by atoms with Gasteiger partial charge in [-0.25, -0.2) is 0 Å². The average Bonchev–Trinajstić information content (AvgIpc) is 2.22. The lowest BCUT2D eigenvalue weighted by Crippen LogP contribution is -2.32. The van der Waals surface area contributed by atoms with Crippen molar-refractivity contribution in [3.05, 3.63) is 33.4 Å².